The van der Waals surface area contributed by atoms with Crippen molar-refractivity contribution in [1.29, 1.82) is 0 Å². The fourth-order valence-electron chi connectivity index (χ4n) is 2.02. The number of nitrogens with two attached hydrogens (primary N) is 1. The SMILES string of the molecule is CCN(C(C)C)C(CN)c1cnn(C)c1. The maximum absolute atomic E-state index is 5.85. The van der Waals surface area contributed by atoms with Crippen LogP contribution in [0, 0.1) is 0 Å². The Morgan fingerprint density at radius 1 is 1.53 bits per heavy atom. The Morgan fingerprint density at radius 3 is 2.53 bits per heavy atom. The van der Waals surface area contributed by atoms with E-state index >= 15 is 0 Å². The molecule has 1 heterocycles. The van der Waals surface area contributed by atoms with Gasteiger partial charge in [0.2, 0.25) is 0 Å². The second kappa shape index (κ2) is 5.28. The van der Waals surface area contributed by atoms with Crippen LogP contribution in [0.5, 0.6) is 0 Å². The molecule has 0 aliphatic rings. The average molecular weight is 210 g/mol. The molecule has 0 radical (unpaired) electrons. The molecule has 86 valence electrons. The molecule has 0 saturated heterocycles. The molecule has 0 aliphatic carbocycles. The molecule has 0 saturated carbocycles. The highest BCUT2D eigenvalue weighted by Crippen LogP contribution is 2.20. The summed E-state index contributed by atoms with van der Waals surface area (Å²) in [7, 11) is 1.93. The number of hydrogen-bond donors (Lipinski definition) is 1. The molecule has 1 unspecified atom stereocenters. The highest BCUT2D eigenvalue weighted by atomic mass is 15.3. The fraction of sp³-hybridized carbons (Fsp3) is 0.727. The molecule has 0 spiro atoms. The lowest BCUT2D eigenvalue weighted by Crippen LogP contribution is -2.38. The Balaban J connectivity index is 2.86. The lowest BCUT2D eigenvalue weighted by atomic mass is 10.1. The van der Waals surface area contributed by atoms with Crippen LogP contribution >= 0.6 is 0 Å². The Labute approximate surface area is 92.1 Å². The van der Waals surface area contributed by atoms with Crippen LogP contribution in [-0.4, -0.2) is 33.8 Å². The first-order valence-corrected chi connectivity index (χ1v) is 5.54. The van der Waals surface area contributed by atoms with Crippen molar-refractivity contribution in [3.8, 4) is 0 Å². The second-order valence-corrected chi connectivity index (χ2v) is 4.12. The number of aromatic nitrogens is 2. The van der Waals surface area contributed by atoms with Crippen LogP contribution in [0.2, 0.25) is 0 Å². The molecule has 4 heteroatoms. The molecule has 1 aromatic heterocycles. The van der Waals surface area contributed by atoms with Gasteiger partial charge in [0.05, 0.1) is 12.2 Å². The van der Waals surface area contributed by atoms with E-state index < -0.39 is 0 Å². The number of hydrogen-bond acceptors (Lipinski definition) is 3. The molecular weight excluding hydrogens is 188 g/mol. The van der Waals surface area contributed by atoms with Gasteiger partial charge in [0.1, 0.15) is 0 Å². The molecule has 4 nitrogen and oxygen atoms in total. The molecule has 1 rings (SSSR count). The quantitative estimate of drug-likeness (QED) is 0.793. The number of aryl methyl sites for hydroxylation is 1. The number of nitrogens with zero attached hydrogens (tertiary/aromatic N) is 3. The van der Waals surface area contributed by atoms with E-state index in [-0.39, 0.29) is 6.04 Å². The zero-order valence-corrected chi connectivity index (χ0v) is 10.1. The van der Waals surface area contributed by atoms with Crippen LogP contribution < -0.4 is 5.73 Å². The minimum Gasteiger partial charge on any atom is -0.329 e. The van der Waals surface area contributed by atoms with Crippen LogP contribution in [-0.2, 0) is 7.05 Å². The third kappa shape index (κ3) is 2.79. The van der Waals surface area contributed by atoms with Gasteiger partial charge in [-0.2, -0.15) is 5.10 Å². The van der Waals surface area contributed by atoms with E-state index in [2.05, 4.69) is 30.8 Å². The van der Waals surface area contributed by atoms with Gasteiger partial charge in [-0.1, -0.05) is 6.92 Å². The first-order valence-electron chi connectivity index (χ1n) is 5.54. The summed E-state index contributed by atoms with van der Waals surface area (Å²) >= 11 is 0. The third-order valence-corrected chi connectivity index (χ3v) is 2.76. The first-order chi connectivity index (χ1) is 7.10. The summed E-state index contributed by atoms with van der Waals surface area (Å²) in [6, 6.07) is 0.785. The summed E-state index contributed by atoms with van der Waals surface area (Å²) in [6.07, 6.45) is 3.95. The van der Waals surface area contributed by atoms with Crippen molar-refractivity contribution < 1.29 is 0 Å². The number of rotatable bonds is 5. The van der Waals surface area contributed by atoms with Crippen LogP contribution in [0.4, 0.5) is 0 Å². The van der Waals surface area contributed by atoms with E-state index in [9.17, 15) is 0 Å². The summed E-state index contributed by atoms with van der Waals surface area (Å²) < 4.78 is 1.83. The van der Waals surface area contributed by atoms with Crippen LogP contribution in [0.25, 0.3) is 0 Å². The number of likely N-dealkylation sites (N-methyl/N-ethyl adjacent to an activating group) is 1. The Hall–Kier alpha value is -0.870. The zero-order chi connectivity index (χ0) is 11.4. The molecule has 0 amide bonds. The molecule has 0 fully saturated rings. The maximum Gasteiger partial charge on any atom is 0.0538 e. The van der Waals surface area contributed by atoms with Crippen molar-refractivity contribution in [2.45, 2.75) is 32.9 Å². The van der Waals surface area contributed by atoms with Crippen molar-refractivity contribution in [3.63, 3.8) is 0 Å². The highest BCUT2D eigenvalue weighted by Gasteiger charge is 2.20. The minimum absolute atomic E-state index is 0.281. The van der Waals surface area contributed by atoms with Crippen LogP contribution in [0.1, 0.15) is 32.4 Å². The molecule has 0 aliphatic heterocycles. The largest absolute Gasteiger partial charge is 0.329 e. The predicted octanol–water partition coefficient (Wildman–Crippen LogP) is 1.15. The summed E-state index contributed by atoms with van der Waals surface area (Å²) in [6.45, 7) is 8.20. The molecule has 0 bridgehead atoms. The van der Waals surface area contributed by atoms with E-state index in [4.69, 9.17) is 5.73 Å². The minimum atomic E-state index is 0.281. The standard InChI is InChI=1S/C11H22N4/c1-5-15(9(2)3)11(6-12)10-7-13-14(4)8-10/h7-9,11H,5-6,12H2,1-4H3. The Bertz CT molecular complexity index is 293. The summed E-state index contributed by atoms with van der Waals surface area (Å²) in [5.74, 6) is 0. The van der Waals surface area contributed by atoms with Crippen molar-refractivity contribution >= 4 is 0 Å². The molecule has 2 N–H and O–H groups in total. The van der Waals surface area contributed by atoms with E-state index in [1.165, 1.54) is 5.56 Å². The normalized spacial score (nSPS) is 13.8. The van der Waals surface area contributed by atoms with Gasteiger partial charge in [0, 0.05) is 31.4 Å². The van der Waals surface area contributed by atoms with E-state index in [1.54, 1.807) is 0 Å². The lowest BCUT2D eigenvalue weighted by Gasteiger charge is -2.32. The van der Waals surface area contributed by atoms with Gasteiger partial charge in [-0.15, -0.1) is 0 Å². The summed E-state index contributed by atoms with van der Waals surface area (Å²) in [5.41, 5.74) is 7.05. The van der Waals surface area contributed by atoms with Crippen molar-refractivity contribution in [1.82, 2.24) is 14.7 Å². The van der Waals surface area contributed by atoms with Gasteiger partial charge >= 0.3 is 0 Å². The van der Waals surface area contributed by atoms with Crippen molar-refractivity contribution in [3.05, 3.63) is 18.0 Å². The summed E-state index contributed by atoms with van der Waals surface area (Å²) in [5, 5.41) is 4.20. The molecule has 0 aromatic carbocycles. The molecule has 15 heavy (non-hydrogen) atoms. The average Bonchev–Trinajstić information content (AvgIpc) is 2.60. The van der Waals surface area contributed by atoms with Gasteiger partial charge in [0.15, 0.2) is 0 Å². The van der Waals surface area contributed by atoms with Gasteiger partial charge in [-0.25, -0.2) is 0 Å². The van der Waals surface area contributed by atoms with Gasteiger partial charge in [-0.05, 0) is 20.4 Å². The van der Waals surface area contributed by atoms with Crippen molar-refractivity contribution in [2.24, 2.45) is 12.8 Å². The fourth-order valence-corrected chi connectivity index (χ4v) is 2.02. The topological polar surface area (TPSA) is 47.1 Å². The summed E-state index contributed by atoms with van der Waals surface area (Å²) in [4.78, 5) is 2.39. The van der Waals surface area contributed by atoms with Gasteiger partial charge in [-0.3, -0.25) is 9.58 Å². The van der Waals surface area contributed by atoms with E-state index in [1.807, 2.05) is 24.1 Å². The van der Waals surface area contributed by atoms with E-state index in [0.717, 1.165) is 6.54 Å². The molecule has 1 atom stereocenters. The first kappa shape index (κ1) is 12.2. The van der Waals surface area contributed by atoms with Gasteiger partial charge in [0.25, 0.3) is 0 Å². The molecule has 1 aromatic rings. The third-order valence-electron chi connectivity index (χ3n) is 2.76. The van der Waals surface area contributed by atoms with Crippen molar-refractivity contribution in [2.75, 3.05) is 13.1 Å². The lowest BCUT2D eigenvalue weighted by molar-refractivity contribution is 0.166. The monoisotopic (exact) mass is 210 g/mol. The Kier molecular flexibility index (Phi) is 4.29. The highest BCUT2D eigenvalue weighted by molar-refractivity contribution is 5.11. The zero-order valence-electron chi connectivity index (χ0n) is 10.1. The predicted molar refractivity (Wildman–Crippen MR) is 62.5 cm³/mol. The maximum atomic E-state index is 5.85. The van der Waals surface area contributed by atoms with Crippen LogP contribution in [0.3, 0.4) is 0 Å². The van der Waals surface area contributed by atoms with E-state index in [0.29, 0.717) is 12.6 Å². The molecular formula is C11H22N4. The smallest absolute Gasteiger partial charge is 0.0538 e. The Morgan fingerprint density at radius 2 is 2.20 bits per heavy atom. The van der Waals surface area contributed by atoms with Gasteiger partial charge < -0.3 is 5.73 Å². The van der Waals surface area contributed by atoms with Crippen LogP contribution in [0.15, 0.2) is 12.4 Å². The second-order valence-electron chi connectivity index (χ2n) is 4.12.